The molecule has 1 aliphatic rings. The molecule has 31 heavy (non-hydrogen) atoms. The van der Waals surface area contributed by atoms with Crippen LogP contribution in [0.5, 0.6) is 11.5 Å². The summed E-state index contributed by atoms with van der Waals surface area (Å²) in [6.07, 6.45) is 0. The van der Waals surface area contributed by atoms with Crippen molar-refractivity contribution in [3.63, 3.8) is 0 Å². The molecule has 1 amide bonds. The van der Waals surface area contributed by atoms with E-state index < -0.39 is 0 Å². The molecule has 0 unspecified atom stereocenters. The van der Waals surface area contributed by atoms with Gasteiger partial charge < -0.3 is 24.6 Å². The number of nitrogens with zero attached hydrogens (tertiary/aromatic N) is 3. The van der Waals surface area contributed by atoms with Crippen molar-refractivity contribution in [3.8, 4) is 11.5 Å². The number of hydrogen-bond acceptors (Lipinski definition) is 6. The van der Waals surface area contributed by atoms with Gasteiger partial charge in [0.15, 0.2) is 18.1 Å². The fraction of sp³-hybridized carbons (Fsp3) is 0.333. The van der Waals surface area contributed by atoms with Crippen LogP contribution in [-0.4, -0.2) is 62.7 Å². The van der Waals surface area contributed by atoms with Gasteiger partial charge in [-0.3, -0.25) is 4.79 Å². The largest absolute Gasteiger partial charge is 0.493 e. The number of anilines is 2. The van der Waals surface area contributed by atoms with E-state index in [1.54, 1.807) is 19.2 Å². The highest BCUT2D eigenvalue weighted by molar-refractivity contribution is 5.95. The number of aryl methyl sites for hydroxylation is 1. The molecule has 0 spiro atoms. The summed E-state index contributed by atoms with van der Waals surface area (Å²) in [5.74, 6) is 1.92. The summed E-state index contributed by atoms with van der Waals surface area (Å²) in [5, 5.41) is 3.93. The Morgan fingerprint density at radius 1 is 1.06 bits per heavy atom. The molecule has 2 heterocycles. The van der Waals surface area contributed by atoms with E-state index in [4.69, 9.17) is 14.5 Å². The van der Waals surface area contributed by atoms with Crippen molar-refractivity contribution in [1.29, 1.82) is 0 Å². The fourth-order valence-corrected chi connectivity index (χ4v) is 3.73. The van der Waals surface area contributed by atoms with Crippen molar-refractivity contribution in [2.75, 3.05) is 57.2 Å². The summed E-state index contributed by atoms with van der Waals surface area (Å²) in [6, 6.07) is 15.2. The number of ether oxygens (including phenoxy) is 2. The van der Waals surface area contributed by atoms with E-state index >= 15 is 0 Å². The molecular weight excluding hydrogens is 392 g/mol. The quantitative estimate of drug-likeness (QED) is 0.660. The van der Waals surface area contributed by atoms with Crippen LogP contribution in [0.3, 0.4) is 0 Å². The number of carbonyl (C=O) groups excluding carboxylic acids is 1. The normalized spacial score (nSPS) is 14.5. The van der Waals surface area contributed by atoms with Crippen molar-refractivity contribution in [1.82, 2.24) is 9.88 Å². The monoisotopic (exact) mass is 420 g/mol. The Kier molecular flexibility index (Phi) is 6.23. The zero-order valence-corrected chi connectivity index (χ0v) is 18.2. The minimum Gasteiger partial charge on any atom is -0.493 e. The molecule has 7 nitrogen and oxygen atoms in total. The number of hydrogen-bond donors (Lipinski definition) is 1. The lowest BCUT2D eigenvalue weighted by atomic mass is 10.1. The molecule has 0 radical (unpaired) electrons. The summed E-state index contributed by atoms with van der Waals surface area (Å²) >= 11 is 0. The number of benzene rings is 2. The number of likely N-dealkylation sites (N-methyl/N-ethyl adjacent to an activating group) is 1. The molecule has 7 heteroatoms. The first kappa shape index (κ1) is 20.9. The Balaban J connectivity index is 1.44. The maximum Gasteiger partial charge on any atom is 0.262 e. The fourth-order valence-electron chi connectivity index (χ4n) is 3.73. The van der Waals surface area contributed by atoms with Gasteiger partial charge in [0.2, 0.25) is 0 Å². The van der Waals surface area contributed by atoms with Crippen LogP contribution in [0.25, 0.3) is 10.9 Å². The van der Waals surface area contributed by atoms with Gasteiger partial charge in [0, 0.05) is 37.3 Å². The van der Waals surface area contributed by atoms with Gasteiger partial charge >= 0.3 is 0 Å². The maximum atomic E-state index is 12.4. The van der Waals surface area contributed by atoms with Gasteiger partial charge in [0.1, 0.15) is 5.82 Å². The van der Waals surface area contributed by atoms with Crippen LogP contribution in [-0.2, 0) is 4.79 Å². The Morgan fingerprint density at radius 3 is 2.55 bits per heavy atom. The molecule has 2 aromatic carbocycles. The second-order valence-electron chi connectivity index (χ2n) is 7.81. The van der Waals surface area contributed by atoms with Crippen molar-refractivity contribution in [2.24, 2.45) is 0 Å². The maximum absolute atomic E-state index is 12.4. The summed E-state index contributed by atoms with van der Waals surface area (Å²) in [6.45, 7) is 6.03. The van der Waals surface area contributed by atoms with E-state index in [9.17, 15) is 4.79 Å². The van der Waals surface area contributed by atoms with Gasteiger partial charge in [0.05, 0.1) is 12.6 Å². The lowest BCUT2D eigenvalue weighted by Gasteiger charge is -2.33. The van der Waals surface area contributed by atoms with Crippen LogP contribution in [0.2, 0.25) is 0 Å². The lowest BCUT2D eigenvalue weighted by molar-refractivity contribution is -0.118. The van der Waals surface area contributed by atoms with E-state index in [2.05, 4.69) is 35.2 Å². The van der Waals surface area contributed by atoms with E-state index in [1.807, 2.05) is 30.3 Å². The first-order valence-corrected chi connectivity index (χ1v) is 10.4. The van der Waals surface area contributed by atoms with Crippen molar-refractivity contribution in [2.45, 2.75) is 6.92 Å². The molecule has 1 saturated heterocycles. The van der Waals surface area contributed by atoms with E-state index in [-0.39, 0.29) is 12.5 Å². The Bertz CT molecular complexity index is 1080. The van der Waals surface area contributed by atoms with Crippen molar-refractivity contribution >= 4 is 28.3 Å². The number of aromatic nitrogens is 1. The van der Waals surface area contributed by atoms with Gasteiger partial charge in [-0.15, -0.1) is 0 Å². The van der Waals surface area contributed by atoms with Crippen LogP contribution in [0, 0.1) is 6.92 Å². The van der Waals surface area contributed by atoms with Crippen LogP contribution < -0.4 is 19.7 Å². The van der Waals surface area contributed by atoms with Crippen molar-refractivity contribution in [3.05, 3.63) is 54.1 Å². The predicted molar refractivity (Wildman–Crippen MR) is 123 cm³/mol. The number of para-hydroxylation sites is 2. The molecule has 1 aliphatic heterocycles. The lowest BCUT2D eigenvalue weighted by Crippen LogP contribution is -2.44. The molecule has 4 rings (SSSR count). The molecular formula is C24H28N4O3. The van der Waals surface area contributed by atoms with Crippen LogP contribution in [0.15, 0.2) is 48.5 Å². The SMILES string of the molecule is COc1ccccc1OCC(=O)Nc1ccc2nc(N3CCN(C)CC3)cc(C)c2c1. The average Bonchev–Trinajstić information content (AvgIpc) is 2.78. The second kappa shape index (κ2) is 9.22. The number of nitrogens with one attached hydrogen (secondary N) is 1. The zero-order valence-electron chi connectivity index (χ0n) is 18.2. The molecule has 0 bridgehead atoms. The highest BCUT2D eigenvalue weighted by Gasteiger charge is 2.17. The number of rotatable bonds is 6. The average molecular weight is 421 g/mol. The second-order valence-corrected chi connectivity index (χ2v) is 7.81. The van der Waals surface area contributed by atoms with Gasteiger partial charge in [0.25, 0.3) is 5.91 Å². The molecule has 3 aromatic rings. The third-order valence-corrected chi connectivity index (χ3v) is 5.54. The zero-order chi connectivity index (χ0) is 21.8. The van der Waals surface area contributed by atoms with Gasteiger partial charge in [-0.1, -0.05) is 12.1 Å². The van der Waals surface area contributed by atoms with E-state index in [0.717, 1.165) is 54.2 Å². The topological polar surface area (TPSA) is 66.9 Å². The van der Waals surface area contributed by atoms with Crippen molar-refractivity contribution < 1.29 is 14.3 Å². The van der Waals surface area contributed by atoms with Crippen LogP contribution >= 0.6 is 0 Å². The van der Waals surface area contributed by atoms with E-state index in [0.29, 0.717) is 11.5 Å². The predicted octanol–water partition coefficient (Wildman–Crippen LogP) is 3.32. The number of pyridine rings is 1. The molecule has 0 atom stereocenters. The van der Waals surface area contributed by atoms with Gasteiger partial charge in [-0.05, 0) is 55.9 Å². The molecule has 1 fully saturated rings. The third-order valence-electron chi connectivity index (χ3n) is 5.54. The molecule has 162 valence electrons. The Morgan fingerprint density at radius 2 is 1.81 bits per heavy atom. The standard InChI is InChI=1S/C24H28N4O3/c1-17-14-23(28-12-10-27(2)11-13-28)26-20-9-8-18(15-19(17)20)25-24(29)16-31-22-7-5-4-6-21(22)30-3/h4-9,14-15H,10-13,16H2,1-3H3,(H,25,29). The minimum atomic E-state index is -0.232. The number of carbonyl (C=O) groups is 1. The number of piperazine rings is 1. The molecule has 1 N–H and O–H groups in total. The minimum absolute atomic E-state index is 0.0992. The highest BCUT2D eigenvalue weighted by Crippen LogP contribution is 2.27. The summed E-state index contributed by atoms with van der Waals surface area (Å²) in [7, 11) is 3.72. The van der Waals surface area contributed by atoms with Gasteiger partial charge in [-0.25, -0.2) is 4.98 Å². The van der Waals surface area contributed by atoms with E-state index in [1.165, 1.54) is 0 Å². The third kappa shape index (κ3) is 4.88. The smallest absolute Gasteiger partial charge is 0.262 e. The summed E-state index contributed by atoms with van der Waals surface area (Å²) in [4.78, 5) is 21.9. The molecule has 0 saturated carbocycles. The Hall–Kier alpha value is -3.32. The summed E-state index contributed by atoms with van der Waals surface area (Å²) < 4.78 is 10.9. The number of methoxy groups -OCH3 is 1. The first-order chi connectivity index (χ1) is 15.0. The highest BCUT2D eigenvalue weighted by atomic mass is 16.5. The van der Waals surface area contributed by atoms with Crippen LogP contribution in [0.4, 0.5) is 11.5 Å². The number of fused-ring (bicyclic) bond motifs is 1. The van der Waals surface area contributed by atoms with Gasteiger partial charge in [-0.2, -0.15) is 0 Å². The van der Waals surface area contributed by atoms with Crippen LogP contribution in [0.1, 0.15) is 5.56 Å². The molecule has 1 aromatic heterocycles. The molecule has 0 aliphatic carbocycles. The summed E-state index contributed by atoms with van der Waals surface area (Å²) in [5.41, 5.74) is 2.79. The first-order valence-electron chi connectivity index (χ1n) is 10.4. The number of amides is 1. The Labute approximate surface area is 182 Å².